The van der Waals surface area contributed by atoms with Gasteiger partial charge < -0.3 is 9.84 Å². The Morgan fingerprint density at radius 3 is 2.67 bits per heavy atom. The minimum atomic E-state index is -0.476. The van der Waals surface area contributed by atoms with E-state index >= 15 is 0 Å². The maximum absolute atomic E-state index is 9.58. The highest BCUT2D eigenvalue weighted by atomic mass is 35.5. The first-order valence-electron chi connectivity index (χ1n) is 7.05. The van der Waals surface area contributed by atoms with E-state index in [2.05, 4.69) is 5.10 Å². The topological polar surface area (TPSA) is 47.3 Å². The van der Waals surface area contributed by atoms with Crippen LogP contribution in [-0.2, 0) is 20.1 Å². The van der Waals surface area contributed by atoms with E-state index in [1.807, 2.05) is 39.1 Å². The molecule has 1 aromatic heterocycles. The van der Waals surface area contributed by atoms with Crippen LogP contribution in [-0.4, -0.2) is 14.9 Å². The Balaban J connectivity index is 2.15. The van der Waals surface area contributed by atoms with Gasteiger partial charge in [-0.25, -0.2) is 0 Å². The molecule has 0 saturated carbocycles. The van der Waals surface area contributed by atoms with Gasteiger partial charge >= 0.3 is 0 Å². The maximum Gasteiger partial charge on any atom is 0.131 e. The molecule has 1 unspecified atom stereocenters. The smallest absolute Gasteiger partial charge is 0.131 e. The van der Waals surface area contributed by atoms with Gasteiger partial charge in [-0.1, -0.05) is 24.6 Å². The molecule has 4 nitrogen and oxygen atoms in total. The molecular formula is C16H21ClN2O2. The SMILES string of the molecule is CCc1nn(C)c(COc2ccc(C(C)O)cc2C)c1Cl. The zero-order valence-electron chi connectivity index (χ0n) is 12.9. The van der Waals surface area contributed by atoms with Crippen LogP contribution in [0.5, 0.6) is 5.75 Å². The lowest BCUT2D eigenvalue weighted by Crippen LogP contribution is -2.04. The highest BCUT2D eigenvalue weighted by Gasteiger charge is 2.14. The van der Waals surface area contributed by atoms with Gasteiger partial charge in [-0.3, -0.25) is 4.68 Å². The number of ether oxygens (including phenoxy) is 1. The lowest BCUT2D eigenvalue weighted by atomic mass is 10.1. The van der Waals surface area contributed by atoms with Gasteiger partial charge in [0.2, 0.25) is 0 Å². The quantitative estimate of drug-likeness (QED) is 0.918. The van der Waals surface area contributed by atoms with Gasteiger partial charge in [0.25, 0.3) is 0 Å². The monoisotopic (exact) mass is 308 g/mol. The molecular weight excluding hydrogens is 288 g/mol. The molecule has 0 bridgehead atoms. The lowest BCUT2D eigenvalue weighted by molar-refractivity contribution is 0.199. The average molecular weight is 309 g/mol. The minimum Gasteiger partial charge on any atom is -0.487 e. The summed E-state index contributed by atoms with van der Waals surface area (Å²) < 4.78 is 7.61. The summed E-state index contributed by atoms with van der Waals surface area (Å²) in [6.07, 6.45) is 0.325. The predicted molar refractivity (Wildman–Crippen MR) is 83.7 cm³/mol. The van der Waals surface area contributed by atoms with Crippen molar-refractivity contribution in [2.45, 2.75) is 39.9 Å². The molecule has 1 atom stereocenters. The molecule has 0 amide bonds. The molecule has 1 N–H and O–H groups in total. The van der Waals surface area contributed by atoms with Crippen LogP contribution in [0.15, 0.2) is 18.2 Å². The Hall–Kier alpha value is -1.52. The number of rotatable bonds is 5. The van der Waals surface area contributed by atoms with E-state index in [4.69, 9.17) is 16.3 Å². The van der Waals surface area contributed by atoms with Crippen LogP contribution in [0.25, 0.3) is 0 Å². The van der Waals surface area contributed by atoms with Crippen LogP contribution in [0.4, 0.5) is 0 Å². The van der Waals surface area contributed by atoms with E-state index in [0.717, 1.165) is 34.7 Å². The summed E-state index contributed by atoms with van der Waals surface area (Å²) in [6.45, 7) is 6.11. The van der Waals surface area contributed by atoms with E-state index < -0.39 is 6.10 Å². The van der Waals surface area contributed by atoms with Crippen molar-refractivity contribution in [2.24, 2.45) is 7.05 Å². The van der Waals surface area contributed by atoms with Crippen molar-refractivity contribution >= 4 is 11.6 Å². The van der Waals surface area contributed by atoms with Gasteiger partial charge in [-0.2, -0.15) is 5.10 Å². The van der Waals surface area contributed by atoms with Crippen LogP contribution in [0.3, 0.4) is 0 Å². The lowest BCUT2D eigenvalue weighted by Gasteiger charge is -2.12. The van der Waals surface area contributed by atoms with E-state index in [1.165, 1.54) is 0 Å². The molecule has 1 heterocycles. The number of hydrogen-bond donors (Lipinski definition) is 1. The fourth-order valence-electron chi connectivity index (χ4n) is 2.22. The fraction of sp³-hybridized carbons (Fsp3) is 0.438. The number of aliphatic hydroxyl groups is 1. The number of nitrogens with zero attached hydrogens (tertiary/aromatic N) is 2. The predicted octanol–water partition coefficient (Wildman–Crippen LogP) is 3.58. The normalized spacial score (nSPS) is 12.5. The first-order valence-corrected chi connectivity index (χ1v) is 7.43. The molecule has 1 aromatic carbocycles. The highest BCUT2D eigenvalue weighted by Crippen LogP contribution is 2.26. The van der Waals surface area contributed by atoms with E-state index in [9.17, 15) is 5.11 Å². The van der Waals surface area contributed by atoms with E-state index in [0.29, 0.717) is 11.6 Å². The molecule has 21 heavy (non-hydrogen) atoms. The van der Waals surface area contributed by atoms with Crippen molar-refractivity contribution in [3.63, 3.8) is 0 Å². The number of aromatic nitrogens is 2. The summed E-state index contributed by atoms with van der Waals surface area (Å²) in [6, 6.07) is 5.68. The molecule has 0 spiro atoms. The highest BCUT2D eigenvalue weighted by molar-refractivity contribution is 6.31. The molecule has 0 aliphatic heterocycles. The Morgan fingerprint density at radius 2 is 2.14 bits per heavy atom. The minimum absolute atomic E-state index is 0.372. The third kappa shape index (κ3) is 3.39. The van der Waals surface area contributed by atoms with Crippen molar-refractivity contribution in [1.29, 1.82) is 0 Å². The van der Waals surface area contributed by atoms with Gasteiger partial charge in [0.05, 0.1) is 22.5 Å². The molecule has 0 fully saturated rings. The fourth-order valence-corrected chi connectivity index (χ4v) is 2.57. The second-order valence-electron chi connectivity index (χ2n) is 5.17. The maximum atomic E-state index is 9.58. The Bertz CT molecular complexity index is 635. The Morgan fingerprint density at radius 1 is 1.43 bits per heavy atom. The molecule has 2 aromatic rings. The first kappa shape index (κ1) is 15.9. The number of benzene rings is 1. The number of aliphatic hydroxyl groups excluding tert-OH is 1. The molecule has 0 saturated heterocycles. The summed E-state index contributed by atoms with van der Waals surface area (Å²) in [4.78, 5) is 0. The van der Waals surface area contributed by atoms with Gasteiger partial charge in [0, 0.05) is 7.05 Å². The van der Waals surface area contributed by atoms with E-state index in [-0.39, 0.29) is 0 Å². The van der Waals surface area contributed by atoms with Crippen LogP contribution in [0.1, 0.15) is 42.5 Å². The van der Waals surface area contributed by atoms with E-state index in [1.54, 1.807) is 11.6 Å². The summed E-state index contributed by atoms with van der Waals surface area (Å²) >= 11 is 6.31. The number of halogens is 1. The zero-order chi connectivity index (χ0) is 15.6. The standard InChI is InChI=1S/C16H21ClN2O2/c1-5-13-16(17)14(19(4)18-13)9-21-15-7-6-12(11(3)20)8-10(15)2/h6-8,11,20H,5,9H2,1-4H3. The second kappa shape index (κ2) is 6.50. The van der Waals surface area contributed by atoms with Crippen molar-refractivity contribution in [2.75, 3.05) is 0 Å². The van der Waals surface area contributed by atoms with Crippen LogP contribution < -0.4 is 4.74 Å². The van der Waals surface area contributed by atoms with Crippen LogP contribution in [0, 0.1) is 6.92 Å². The zero-order valence-corrected chi connectivity index (χ0v) is 13.6. The molecule has 0 aliphatic rings. The average Bonchev–Trinajstić information content (AvgIpc) is 2.72. The number of hydrogen-bond acceptors (Lipinski definition) is 3. The summed E-state index contributed by atoms with van der Waals surface area (Å²) in [5, 5.41) is 14.6. The summed E-state index contributed by atoms with van der Waals surface area (Å²) in [5.41, 5.74) is 3.63. The third-order valence-corrected chi connectivity index (χ3v) is 3.99. The Kier molecular flexibility index (Phi) is 4.91. The molecule has 114 valence electrons. The van der Waals surface area contributed by atoms with Crippen molar-refractivity contribution in [3.05, 3.63) is 45.7 Å². The second-order valence-corrected chi connectivity index (χ2v) is 5.55. The van der Waals surface area contributed by atoms with Gasteiger partial charge in [0.15, 0.2) is 0 Å². The molecule has 0 aliphatic carbocycles. The first-order chi connectivity index (χ1) is 9.93. The number of aryl methyl sites for hydroxylation is 3. The third-order valence-electron chi connectivity index (χ3n) is 3.55. The largest absolute Gasteiger partial charge is 0.487 e. The van der Waals surface area contributed by atoms with Gasteiger partial charge in [-0.05, 0) is 43.5 Å². The van der Waals surface area contributed by atoms with Crippen molar-refractivity contribution in [1.82, 2.24) is 9.78 Å². The van der Waals surface area contributed by atoms with Crippen LogP contribution >= 0.6 is 11.6 Å². The molecule has 5 heteroatoms. The summed E-state index contributed by atoms with van der Waals surface area (Å²) in [5.74, 6) is 0.787. The van der Waals surface area contributed by atoms with Gasteiger partial charge in [-0.15, -0.1) is 0 Å². The van der Waals surface area contributed by atoms with Crippen LogP contribution in [0.2, 0.25) is 5.02 Å². The van der Waals surface area contributed by atoms with Gasteiger partial charge in [0.1, 0.15) is 12.4 Å². The molecule has 0 radical (unpaired) electrons. The Labute approximate surface area is 130 Å². The summed E-state index contributed by atoms with van der Waals surface area (Å²) in [7, 11) is 1.87. The van der Waals surface area contributed by atoms with Crippen molar-refractivity contribution in [3.8, 4) is 5.75 Å². The molecule has 2 rings (SSSR count). The van der Waals surface area contributed by atoms with Crippen molar-refractivity contribution < 1.29 is 9.84 Å².